The van der Waals surface area contributed by atoms with Gasteiger partial charge < -0.3 is 14.4 Å². The molecule has 0 radical (unpaired) electrons. The van der Waals surface area contributed by atoms with Crippen molar-refractivity contribution < 1.29 is 19.2 Å². The van der Waals surface area contributed by atoms with E-state index in [1.807, 2.05) is 0 Å². The van der Waals surface area contributed by atoms with Crippen LogP contribution in [0, 0.1) is 6.92 Å². The topological polar surface area (TPSA) is 85.5 Å². The van der Waals surface area contributed by atoms with Crippen molar-refractivity contribution in [1.29, 1.82) is 0 Å². The van der Waals surface area contributed by atoms with Gasteiger partial charge in [-0.05, 0) is 12.1 Å². The first-order valence-electron chi connectivity index (χ1n) is 5.01. The highest BCUT2D eigenvalue weighted by molar-refractivity contribution is 6.32. The van der Waals surface area contributed by atoms with E-state index >= 15 is 0 Å². The average molecular weight is 269 g/mol. The van der Waals surface area contributed by atoms with E-state index in [0.717, 1.165) is 0 Å². The molecular formula is C11H9ClN2O4. The standard InChI is InChI=1S/C11H9ClN2O4/c1-6-13-9(14-18-6)5-17-10-7(11(15)16)3-2-4-8(10)12/h2-4H,5H2,1H3,(H,15,16). The normalized spacial score (nSPS) is 10.3. The number of carboxylic acids is 1. The summed E-state index contributed by atoms with van der Waals surface area (Å²) in [6.45, 7) is 1.63. The van der Waals surface area contributed by atoms with Gasteiger partial charge in [0.1, 0.15) is 5.56 Å². The van der Waals surface area contributed by atoms with Crippen molar-refractivity contribution in [2.45, 2.75) is 13.5 Å². The summed E-state index contributed by atoms with van der Waals surface area (Å²) in [5.74, 6) is -0.291. The monoisotopic (exact) mass is 268 g/mol. The molecule has 1 aromatic heterocycles. The number of aromatic nitrogens is 2. The molecule has 0 saturated carbocycles. The molecule has 1 heterocycles. The minimum Gasteiger partial charge on any atom is -0.483 e. The highest BCUT2D eigenvalue weighted by atomic mass is 35.5. The minimum atomic E-state index is -1.11. The average Bonchev–Trinajstić information content (AvgIpc) is 2.73. The second-order valence-electron chi connectivity index (χ2n) is 3.44. The van der Waals surface area contributed by atoms with Gasteiger partial charge in [0.15, 0.2) is 12.4 Å². The Morgan fingerprint density at radius 3 is 2.94 bits per heavy atom. The van der Waals surface area contributed by atoms with Gasteiger partial charge in [-0.2, -0.15) is 4.98 Å². The van der Waals surface area contributed by atoms with E-state index in [1.54, 1.807) is 13.0 Å². The molecule has 0 bridgehead atoms. The number of halogens is 1. The van der Waals surface area contributed by atoms with Gasteiger partial charge in [0, 0.05) is 6.92 Å². The Kier molecular flexibility index (Phi) is 3.47. The second kappa shape index (κ2) is 5.05. The number of benzene rings is 1. The molecule has 6 nitrogen and oxygen atoms in total. The van der Waals surface area contributed by atoms with Gasteiger partial charge in [0.25, 0.3) is 0 Å². The zero-order chi connectivity index (χ0) is 13.1. The summed E-state index contributed by atoms with van der Waals surface area (Å²) in [6, 6.07) is 4.49. The third kappa shape index (κ3) is 2.60. The van der Waals surface area contributed by atoms with Crippen LogP contribution in [0.2, 0.25) is 5.02 Å². The van der Waals surface area contributed by atoms with Crippen molar-refractivity contribution in [2.24, 2.45) is 0 Å². The second-order valence-corrected chi connectivity index (χ2v) is 3.85. The van der Waals surface area contributed by atoms with Crippen LogP contribution in [0.1, 0.15) is 22.1 Å². The molecule has 0 aliphatic carbocycles. The van der Waals surface area contributed by atoms with Gasteiger partial charge in [-0.25, -0.2) is 4.79 Å². The summed E-state index contributed by atoms with van der Waals surface area (Å²) >= 11 is 5.89. The van der Waals surface area contributed by atoms with Gasteiger partial charge in [0.2, 0.25) is 11.7 Å². The fraction of sp³-hybridized carbons (Fsp3) is 0.182. The molecule has 0 amide bonds. The number of hydrogen-bond acceptors (Lipinski definition) is 5. The van der Waals surface area contributed by atoms with Crippen molar-refractivity contribution in [3.8, 4) is 5.75 Å². The molecule has 0 spiro atoms. The maximum atomic E-state index is 11.0. The molecular weight excluding hydrogens is 260 g/mol. The summed E-state index contributed by atoms with van der Waals surface area (Å²) < 4.78 is 10.1. The molecule has 7 heteroatoms. The third-order valence-electron chi connectivity index (χ3n) is 2.11. The van der Waals surface area contributed by atoms with Crippen LogP contribution in [0.3, 0.4) is 0 Å². The lowest BCUT2D eigenvalue weighted by molar-refractivity contribution is 0.0691. The van der Waals surface area contributed by atoms with Crippen molar-refractivity contribution in [3.05, 3.63) is 40.5 Å². The van der Waals surface area contributed by atoms with Crippen molar-refractivity contribution >= 4 is 17.6 Å². The Morgan fingerprint density at radius 1 is 1.56 bits per heavy atom. The number of carbonyl (C=O) groups is 1. The number of carboxylic acid groups (broad SMARTS) is 1. The lowest BCUT2D eigenvalue weighted by atomic mass is 10.2. The fourth-order valence-electron chi connectivity index (χ4n) is 1.36. The Morgan fingerprint density at radius 2 is 2.33 bits per heavy atom. The largest absolute Gasteiger partial charge is 0.483 e. The summed E-state index contributed by atoms with van der Waals surface area (Å²) in [7, 11) is 0. The Hall–Kier alpha value is -2.08. The van der Waals surface area contributed by atoms with Crippen LogP contribution in [0.25, 0.3) is 0 Å². The number of nitrogens with zero attached hydrogens (tertiary/aromatic N) is 2. The van der Waals surface area contributed by atoms with Crippen LogP contribution < -0.4 is 4.74 Å². The molecule has 2 aromatic rings. The number of ether oxygens (including phenoxy) is 1. The van der Waals surface area contributed by atoms with E-state index in [-0.39, 0.29) is 22.9 Å². The molecule has 2 rings (SSSR count). The van der Waals surface area contributed by atoms with Gasteiger partial charge in [-0.15, -0.1) is 0 Å². The lowest BCUT2D eigenvalue weighted by Crippen LogP contribution is -2.04. The molecule has 0 saturated heterocycles. The maximum absolute atomic E-state index is 11.0. The molecule has 94 valence electrons. The van der Waals surface area contributed by atoms with Crippen LogP contribution in [0.15, 0.2) is 22.7 Å². The number of para-hydroxylation sites is 1. The van der Waals surface area contributed by atoms with Crippen molar-refractivity contribution in [1.82, 2.24) is 10.1 Å². The highest BCUT2D eigenvalue weighted by Gasteiger charge is 2.15. The van der Waals surface area contributed by atoms with Crippen molar-refractivity contribution in [3.63, 3.8) is 0 Å². The number of aromatic carboxylic acids is 1. The van der Waals surface area contributed by atoms with Gasteiger partial charge >= 0.3 is 5.97 Å². The first kappa shape index (κ1) is 12.4. The minimum absolute atomic E-state index is 0.0114. The lowest BCUT2D eigenvalue weighted by Gasteiger charge is -2.08. The van der Waals surface area contributed by atoms with Gasteiger partial charge in [-0.3, -0.25) is 0 Å². The first-order valence-corrected chi connectivity index (χ1v) is 5.39. The molecule has 0 aliphatic heterocycles. The van der Waals surface area contributed by atoms with E-state index in [0.29, 0.717) is 11.7 Å². The van der Waals surface area contributed by atoms with Crippen LogP contribution in [-0.4, -0.2) is 21.2 Å². The first-order chi connectivity index (χ1) is 8.58. The van der Waals surface area contributed by atoms with Crippen LogP contribution in [-0.2, 0) is 6.61 Å². The predicted octanol–water partition coefficient (Wildman–Crippen LogP) is 2.31. The number of rotatable bonds is 4. The van der Waals surface area contributed by atoms with Crippen molar-refractivity contribution in [2.75, 3.05) is 0 Å². The zero-order valence-corrected chi connectivity index (χ0v) is 10.1. The summed E-state index contributed by atoms with van der Waals surface area (Å²) in [4.78, 5) is 14.9. The van der Waals surface area contributed by atoms with E-state index in [2.05, 4.69) is 10.1 Å². The predicted molar refractivity (Wildman–Crippen MR) is 61.8 cm³/mol. The van der Waals surface area contributed by atoms with Gasteiger partial charge in [0.05, 0.1) is 5.02 Å². The highest BCUT2D eigenvalue weighted by Crippen LogP contribution is 2.29. The molecule has 1 aromatic carbocycles. The molecule has 0 unspecified atom stereocenters. The third-order valence-corrected chi connectivity index (χ3v) is 2.41. The fourth-order valence-corrected chi connectivity index (χ4v) is 1.59. The Labute approximate surface area is 107 Å². The van der Waals surface area contributed by atoms with Crippen LogP contribution in [0.5, 0.6) is 5.75 Å². The molecule has 0 atom stereocenters. The molecule has 0 fully saturated rings. The molecule has 18 heavy (non-hydrogen) atoms. The quantitative estimate of drug-likeness (QED) is 0.916. The van der Waals surface area contributed by atoms with E-state index in [9.17, 15) is 4.79 Å². The van der Waals surface area contributed by atoms with E-state index < -0.39 is 5.97 Å². The number of hydrogen-bond donors (Lipinski definition) is 1. The van der Waals surface area contributed by atoms with E-state index in [4.69, 9.17) is 26.0 Å². The Bertz CT molecular complexity index is 582. The Balaban J connectivity index is 2.20. The summed E-state index contributed by atoms with van der Waals surface area (Å²) in [6.07, 6.45) is 0. The molecule has 0 aliphatic rings. The van der Waals surface area contributed by atoms with Crippen LogP contribution in [0.4, 0.5) is 0 Å². The zero-order valence-electron chi connectivity index (χ0n) is 9.38. The molecule has 1 N–H and O–H groups in total. The number of aryl methyl sites for hydroxylation is 1. The smallest absolute Gasteiger partial charge is 0.339 e. The van der Waals surface area contributed by atoms with E-state index in [1.165, 1.54) is 12.1 Å². The maximum Gasteiger partial charge on any atom is 0.339 e. The van der Waals surface area contributed by atoms with Crippen LogP contribution >= 0.6 is 11.6 Å². The summed E-state index contributed by atoms with van der Waals surface area (Å²) in [5.41, 5.74) is -0.0114. The SMILES string of the molecule is Cc1nc(COc2c(Cl)cccc2C(=O)O)no1. The van der Waals surface area contributed by atoms with Gasteiger partial charge in [-0.1, -0.05) is 22.8 Å². The summed E-state index contributed by atoms with van der Waals surface area (Å²) in [5, 5.41) is 12.9.